The Morgan fingerprint density at radius 1 is 1.16 bits per heavy atom. The molecular formula is C19H21FN2O2S. The molecule has 0 N–H and O–H groups in total. The maximum atomic E-state index is 13.6. The lowest BCUT2D eigenvalue weighted by Gasteiger charge is -2.36. The van der Waals surface area contributed by atoms with Gasteiger partial charge in [-0.25, -0.2) is 12.8 Å². The summed E-state index contributed by atoms with van der Waals surface area (Å²) in [7, 11) is -1.74. The second-order valence-electron chi connectivity index (χ2n) is 7.05. The molecule has 1 saturated heterocycles. The number of anilines is 1. The molecule has 2 aliphatic heterocycles. The molecule has 132 valence electrons. The number of hydrogen-bond acceptors (Lipinski definition) is 3. The fourth-order valence-electron chi connectivity index (χ4n) is 4.09. The Balaban J connectivity index is 1.87. The lowest BCUT2D eigenvalue weighted by Crippen LogP contribution is -2.47. The van der Waals surface area contributed by atoms with E-state index in [4.69, 9.17) is 0 Å². The van der Waals surface area contributed by atoms with Crippen molar-refractivity contribution in [3.05, 3.63) is 59.4 Å². The van der Waals surface area contributed by atoms with Crippen LogP contribution in [0.15, 0.2) is 47.4 Å². The minimum absolute atomic E-state index is 0.0126. The van der Waals surface area contributed by atoms with Crippen LogP contribution in [0, 0.1) is 12.7 Å². The summed E-state index contributed by atoms with van der Waals surface area (Å²) in [4.78, 5) is 2.25. The van der Waals surface area contributed by atoms with E-state index in [1.165, 1.54) is 22.5 Å². The van der Waals surface area contributed by atoms with Gasteiger partial charge >= 0.3 is 0 Å². The highest BCUT2D eigenvalue weighted by Gasteiger charge is 2.46. The summed E-state index contributed by atoms with van der Waals surface area (Å²) in [6.45, 7) is 3.70. The number of piperidine rings is 1. The molecule has 2 aromatic carbocycles. The molecule has 0 saturated carbocycles. The topological polar surface area (TPSA) is 40.6 Å². The predicted molar refractivity (Wildman–Crippen MR) is 95.9 cm³/mol. The van der Waals surface area contributed by atoms with Crippen molar-refractivity contribution in [1.29, 1.82) is 0 Å². The van der Waals surface area contributed by atoms with Gasteiger partial charge < -0.3 is 4.90 Å². The molecule has 0 aliphatic carbocycles. The average Bonchev–Trinajstić information content (AvgIpc) is 2.88. The van der Waals surface area contributed by atoms with E-state index in [1.54, 1.807) is 0 Å². The van der Waals surface area contributed by atoms with Crippen LogP contribution in [0.4, 0.5) is 10.1 Å². The van der Waals surface area contributed by atoms with E-state index in [0.29, 0.717) is 0 Å². The molecule has 2 heterocycles. The standard InChI is InChI=1S/C19H21FN2O2S/c1-13-6-7-18-16(10-13)17-12-21(2)9-8-19(17)22(18)25(23,24)15-5-3-4-14(20)11-15/h3-7,10-11,17,19H,8-9,12H2,1-2H3/t17-,19+/m1/s1. The highest BCUT2D eigenvalue weighted by Crippen LogP contribution is 2.47. The minimum atomic E-state index is -3.80. The van der Waals surface area contributed by atoms with Gasteiger partial charge in [0.2, 0.25) is 0 Å². The Kier molecular flexibility index (Phi) is 3.85. The molecule has 0 bridgehead atoms. The van der Waals surface area contributed by atoms with Crippen molar-refractivity contribution in [3.8, 4) is 0 Å². The summed E-state index contributed by atoms with van der Waals surface area (Å²) in [5.41, 5.74) is 2.94. The molecule has 1 fully saturated rings. The van der Waals surface area contributed by atoms with Crippen LogP contribution in [0.5, 0.6) is 0 Å². The smallest absolute Gasteiger partial charge is 0.264 e. The molecule has 0 amide bonds. The molecule has 0 radical (unpaired) electrons. The third-order valence-electron chi connectivity index (χ3n) is 5.25. The van der Waals surface area contributed by atoms with Gasteiger partial charge in [0.15, 0.2) is 0 Å². The first-order chi connectivity index (χ1) is 11.9. The first kappa shape index (κ1) is 16.5. The summed E-state index contributed by atoms with van der Waals surface area (Å²) in [6, 6.07) is 11.1. The molecule has 0 spiro atoms. The van der Waals surface area contributed by atoms with Crippen molar-refractivity contribution in [1.82, 2.24) is 4.90 Å². The number of sulfonamides is 1. The molecule has 0 aromatic heterocycles. The predicted octanol–water partition coefficient (Wildman–Crippen LogP) is 3.13. The Labute approximate surface area is 147 Å². The highest BCUT2D eigenvalue weighted by molar-refractivity contribution is 7.92. The van der Waals surface area contributed by atoms with E-state index in [-0.39, 0.29) is 16.9 Å². The summed E-state index contributed by atoms with van der Waals surface area (Å²) in [5.74, 6) is -0.388. The Hall–Kier alpha value is -1.92. The maximum Gasteiger partial charge on any atom is 0.264 e. The number of hydrogen-bond donors (Lipinski definition) is 0. The van der Waals surface area contributed by atoms with Crippen LogP contribution in [0.3, 0.4) is 0 Å². The molecule has 2 atom stereocenters. The number of rotatable bonds is 2. The summed E-state index contributed by atoms with van der Waals surface area (Å²) in [6.07, 6.45) is 0.767. The monoisotopic (exact) mass is 360 g/mol. The quantitative estimate of drug-likeness (QED) is 0.826. The van der Waals surface area contributed by atoms with Crippen molar-refractivity contribution >= 4 is 15.7 Å². The second kappa shape index (κ2) is 5.81. The van der Waals surface area contributed by atoms with Crippen molar-refractivity contribution in [2.75, 3.05) is 24.4 Å². The van der Waals surface area contributed by atoms with Gasteiger partial charge in [-0.15, -0.1) is 0 Å². The van der Waals surface area contributed by atoms with Crippen molar-refractivity contribution < 1.29 is 12.8 Å². The molecule has 0 unspecified atom stereocenters. The van der Waals surface area contributed by atoms with Crippen LogP contribution >= 0.6 is 0 Å². The second-order valence-corrected chi connectivity index (χ2v) is 8.86. The number of fused-ring (bicyclic) bond motifs is 3. The van der Waals surface area contributed by atoms with Gasteiger partial charge in [-0.1, -0.05) is 23.8 Å². The Morgan fingerprint density at radius 2 is 1.96 bits per heavy atom. The number of benzene rings is 2. The molecule has 25 heavy (non-hydrogen) atoms. The van der Waals surface area contributed by atoms with Gasteiger partial charge in [-0.3, -0.25) is 4.31 Å². The van der Waals surface area contributed by atoms with E-state index in [1.807, 2.05) is 19.1 Å². The van der Waals surface area contributed by atoms with E-state index in [2.05, 4.69) is 18.0 Å². The lowest BCUT2D eigenvalue weighted by molar-refractivity contribution is 0.237. The summed E-state index contributed by atoms with van der Waals surface area (Å²) < 4.78 is 41.8. The highest BCUT2D eigenvalue weighted by atomic mass is 32.2. The summed E-state index contributed by atoms with van der Waals surface area (Å²) >= 11 is 0. The third-order valence-corrected chi connectivity index (χ3v) is 7.09. The van der Waals surface area contributed by atoms with E-state index < -0.39 is 15.8 Å². The SMILES string of the molecule is Cc1ccc2c(c1)[C@H]1CN(C)CC[C@@H]1N2S(=O)(=O)c1cccc(F)c1. The Bertz CT molecular complexity index is 929. The van der Waals surface area contributed by atoms with Gasteiger partial charge in [0.1, 0.15) is 5.82 Å². The van der Waals surface area contributed by atoms with Crippen molar-refractivity contribution in [3.63, 3.8) is 0 Å². The van der Waals surface area contributed by atoms with Gasteiger partial charge in [-0.2, -0.15) is 0 Å². The van der Waals surface area contributed by atoms with Gasteiger partial charge in [0.05, 0.1) is 16.6 Å². The fraction of sp³-hybridized carbons (Fsp3) is 0.368. The molecule has 2 aliphatic rings. The zero-order valence-corrected chi connectivity index (χ0v) is 15.1. The number of halogens is 1. The van der Waals surface area contributed by atoms with E-state index in [9.17, 15) is 12.8 Å². The maximum absolute atomic E-state index is 13.6. The van der Waals surface area contributed by atoms with E-state index >= 15 is 0 Å². The van der Waals surface area contributed by atoms with Crippen LogP contribution in [-0.2, 0) is 10.0 Å². The zero-order valence-electron chi connectivity index (χ0n) is 14.3. The molecular weight excluding hydrogens is 339 g/mol. The molecule has 6 heteroatoms. The number of likely N-dealkylation sites (tertiary alicyclic amines) is 1. The zero-order chi connectivity index (χ0) is 17.8. The third kappa shape index (κ3) is 2.64. The molecule has 4 nitrogen and oxygen atoms in total. The largest absolute Gasteiger partial charge is 0.306 e. The number of aryl methyl sites for hydroxylation is 1. The first-order valence-corrected chi connectivity index (χ1v) is 9.91. The van der Waals surface area contributed by atoms with Crippen molar-refractivity contribution in [2.24, 2.45) is 0 Å². The van der Waals surface area contributed by atoms with Gasteiger partial charge in [0, 0.05) is 12.5 Å². The number of likely N-dealkylation sites (N-methyl/N-ethyl adjacent to an activating group) is 1. The average molecular weight is 360 g/mol. The number of nitrogens with zero attached hydrogens (tertiary/aromatic N) is 2. The van der Waals surface area contributed by atoms with Crippen LogP contribution in [0.2, 0.25) is 0 Å². The fourth-order valence-corrected chi connectivity index (χ4v) is 5.86. The summed E-state index contributed by atoms with van der Waals surface area (Å²) in [5, 5.41) is 0. The van der Waals surface area contributed by atoms with Gasteiger partial charge in [0.25, 0.3) is 10.0 Å². The van der Waals surface area contributed by atoms with Gasteiger partial charge in [-0.05, 0) is 56.8 Å². The van der Waals surface area contributed by atoms with Crippen molar-refractivity contribution in [2.45, 2.75) is 30.2 Å². The molecule has 4 rings (SSSR count). The van der Waals surface area contributed by atoms with Crippen LogP contribution < -0.4 is 4.31 Å². The molecule has 2 aromatic rings. The first-order valence-electron chi connectivity index (χ1n) is 8.47. The normalized spacial score (nSPS) is 23.4. The Morgan fingerprint density at radius 3 is 2.72 bits per heavy atom. The lowest BCUT2D eigenvalue weighted by atomic mass is 9.89. The van der Waals surface area contributed by atoms with Crippen LogP contribution in [-0.4, -0.2) is 39.5 Å². The minimum Gasteiger partial charge on any atom is -0.306 e. The van der Waals surface area contributed by atoms with Crippen LogP contribution in [0.25, 0.3) is 0 Å². The van der Waals surface area contributed by atoms with Crippen LogP contribution in [0.1, 0.15) is 23.5 Å². The van der Waals surface area contributed by atoms with E-state index in [0.717, 1.165) is 42.4 Å².